The maximum absolute atomic E-state index is 6.28. The molecule has 1 atom stereocenters. The topological polar surface area (TPSA) is 9.23 Å². The van der Waals surface area contributed by atoms with Crippen LogP contribution in [0.4, 0.5) is 0 Å². The zero-order chi connectivity index (χ0) is 14.0. The minimum atomic E-state index is 0.0373. The van der Waals surface area contributed by atoms with Crippen molar-refractivity contribution >= 4 is 59.4 Å². The van der Waals surface area contributed by atoms with Gasteiger partial charge >= 0.3 is 0 Å². The van der Waals surface area contributed by atoms with Crippen molar-refractivity contribution in [3.05, 3.63) is 61.5 Å². The number of ether oxygens (including phenoxy) is 1. The van der Waals surface area contributed by atoms with E-state index in [2.05, 4.69) is 47.8 Å². The number of hydrogen-bond acceptors (Lipinski definition) is 1. The van der Waals surface area contributed by atoms with Crippen LogP contribution in [0.5, 0.6) is 5.75 Å². The van der Waals surface area contributed by atoms with Crippen molar-refractivity contribution in [3.63, 3.8) is 0 Å². The van der Waals surface area contributed by atoms with Crippen molar-refractivity contribution in [1.29, 1.82) is 0 Å². The number of rotatable bonds is 3. The van der Waals surface area contributed by atoms with Crippen molar-refractivity contribution in [2.45, 2.75) is 4.83 Å². The number of alkyl halides is 1. The van der Waals surface area contributed by atoms with E-state index in [0.717, 1.165) is 30.8 Å². The predicted octanol–water partition coefficient (Wildman–Crippen LogP) is 6.36. The molecule has 5 heteroatoms. The Bertz CT molecular complexity index is 601. The first-order valence-corrected chi connectivity index (χ1v) is 8.33. The average molecular weight is 469 g/mol. The Hall–Kier alpha value is -0.0300. The van der Waals surface area contributed by atoms with E-state index in [-0.39, 0.29) is 4.83 Å². The molecule has 19 heavy (non-hydrogen) atoms. The molecule has 0 spiro atoms. The second-order valence-electron chi connectivity index (χ2n) is 3.92. The minimum absolute atomic E-state index is 0.0373. The molecule has 0 N–H and O–H groups in total. The fraction of sp³-hybridized carbons (Fsp3) is 0.143. The van der Waals surface area contributed by atoms with Crippen LogP contribution in [0.25, 0.3) is 0 Å². The van der Waals surface area contributed by atoms with Gasteiger partial charge in [0.2, 0.25) is 0 Å². The van der Waals surface area contributed by atoms with Crippen LogP contribution in [0.2, 0.25) is 5.02 Å². The number of halogens is 4. The lowest BCUT2D eigenvalue weighted by atomic mass is 10.0. The van der Waals surface area contributed by atoms with Crippen LogP contribution in [-0.4, -0.2) is 7.11 Å². The molecule has 2 rings (SSSR count). The Labute approximate surface area is 142 Å². The molecule has 2 aromatic carbocycles. The zero-order valence-electron chi connectivity index (χ0n) is 9.96. The number of benzene rings is 2. The third-order valence-electron chi connectivity index (χ3n) is 2.70. The Morgan fingerprint density at radius 1 is 1.11 bits per heavy atom. The van der Waals surface area contributed by atoms with Gasteiger partial charge in [-0.15, -0.1) is 0 Å². The lowest BCUT2D eigenvalue weighted by molar-refractivity contribution is 0.412. The van der Waals surface area contributed by atoms with Gasteiger partial charge in [-0.25, -0.2) is 0 Å². The molecule has 0 heterocycles. The molecular formula is C14H10Br3ClO. The highest BCUT2D eigenvalue weighted by Crippen LogP contribution is 2.38. The highest BCUT2D eigenvalue weighted by molar-refractivity contribution is 9.11. The lowest BCUT2D eigenvalue weighted by Crippen LogP contribution is -1.95. The highest BCUT2D eigenvalue weighted by atomic mass is 79.9. The van der Waals surface area contributed by atoms with Crippen LogP contribution in [0.3, 0.4) is 0 Å². The lowest BCUT2D eigenvalue weighted by Gasteiger charge is -2.14. The molecule has 1 nitrogen and oxygen atoms in total. The van der Waals surface area contributed by atoms with Crippen molar-refractivity contribution < 1.29 is 4.74 Å². The molecule has 0 aliphatic rings. The summed E-state index contributed by atoms with van der Waals surface area (Å²) in [5, 5.41) is 0.725. The largest absolute Gasteiger partial charge is 0.496 e. The molecule has 0 fully saturated rings. The second kappa shape index (κ2) is 6.61. The van der Waals surface area contributed by atoms with Crippen molar-refractivity contribution in [3.8, 4) is 5.75 Å². The minimum Gasteiger partial charge on any atom is -0.496 e. The first-order chi connectivity index (χ1) is 9.02. The monoisotopic (exact) mass is 466 g/mol. The first kappa shape index (κ1) is 15.4. The van der Waals surface area contributed by atoms with Crippen molar-refractivity contribution in [2.24, 2.45) is 0 Å². The summed E-state index contributed by atoms with van der Waals surface area (Å²) in [5.41, 5.74) is 2.14. The summed E-state index contributed by atoms with van der Waals surface area (Å²) >= 11 is 16.9. The summed E-state index contributed by atoms with van der Waals surface area (Å²) in [5.74, 6) is 0.811. The number of hydrogen-bond donors (Lipinski definition) is 0. The number of methoxy groups -OCH3 is 1. The molecule has 0 saturated carbocycles. The van der Waals surface area contributed by atoms with E-state index >= 15 is 0 Å². The molecule has 0 saturated heterocycles. The Morgan fingerprint density at radius 3 is 2.42 bits per heavy atom. The van der Waals surface area contributed by atoms with Gasteiger partial charge in [0.15, 0.2) is 0 Å². The fourth-order valence-electron chi connectivity index (χ4n) is 1.73. The van der Waals surface area contributed by atoms with Gasteiger partial charge in [0, 0.05) is 9.50 Å². The first-order valence-electron chi connectivity index (χ1n) is 5.45. The summed E-state index contributed by atoms with van der Waals surface area (Å²) in [6.07, 6.45) is 0. The van der Waals surface area contributed by atoms with Gasteiger partial charge in [-0.1, -0.05) is 55.6 Å². The summed E-state index contributed by atoms with van der Waals surface area (Å²) in [7, 11) is 1.65. The van der Waals surface area contributed by atoms with Crippen molar-refractivity contribution in [1.82, 2.24) is 0 Å². The fourth-order valence-corrected chi connectivity index (χ4v) is 3.88. The van der Waals surface area contributed by atoms with Gasteiger partial charge in [0.25, 0.3) is 0 Å². The molecular weight excluding hydrogens is 459 g/mol. The highest BCUT2D eigenvalue weighted by Gasteiger charge is 2.15. The van der Waals surface area contributed by atoms with Gasteiger partial charge in [-0.3, -0.25) is 0 Å². The SMILES string of the molecule is COc1ccc(C(Br)c2ccc(Br)cc2Cl)cc1Br. The molecule has 100 valence electrons. The normalized spacial score (nSPS) is 12.3. The zero-order valence-corrected chi connectivity index (χ0v) is 15.5. The van der Waals surface area contributed by atoms with Crippen LogP contribution in [0, 0.1) is 0 Å². The second-order valence-corrected chi connectivity index (χ2v) is 7.02. The van der Waals surface area contributed by atoms with E-state index in [9.17, 15) is 0 Å². The smallest absolute Gasteiger partial charge is 0.133 e. The van der Waals surface area contributed by atoms with E-state index in [0.29, 0.717) is 0 Å². The van der Waals surface area contributed by atoms with Crippen LogP contribution in [-0.2, 0) is 0 Å². The average Bonchev–Trinajstić information content (AvgIpc) is 2.38. The van der Waals surface area contributed by atoms with E-state index in [1.165, 1.54) is 0 Å². The van der Waals surface area contributed by atoms with Crippen molar-refractivity contribution in [2.75, 3.05) is 7.11 Å². The van der Waals surface area contributed by atoms with Crippen LogP contribution >= 0.6 is 59.4 Å². The van der Waals surface area contributed by atoms with Gasteiger partial charge < -0.3 is 4.74 Å². The van der Waals surface area contributed by atoms with Gasteiger partial charge in [0.1, 0.15) is 5.75 Å². The van der Waals surface area contributed by atoms with E-state index in [4.69, 9.17) is 16.3 Å². The van der Waals surface area contributed by atoms with Crippen LogP contribution < -0.4 is 4.74 Å². The van der Waals surface area contributed by atoms with E-state index in [1.807, 2.05) is 36.4 Å². The Balaban J connectivity index is 2.38. The van der Waals surface area contributed by atoms with E-state index in [1.54, 1.807) is 7.11 Å². The van der Waals surface area contributed by atoms with Crippen LogP contribution in [0.1, 0.15) is 16.0 Å². The molecule has 0 amide bonds. The van der Waals surface area contributed by atoms with E-state index < -0.39 is 0 Å². The molecule has 0 aliphatic heterocycles. The molecule has 0 aliphatic carbocycles. The standard InChI is InChI=1S/C14H10Br3ClO/c1-19-13-5-2-8(6-11(13)16)14(17)10-4-3-9(15)7-12(10)18/h2-7,14H,1H3. The molecule has 2 aromatic rings. The maximum atomic E-state index is 6.28. The summed E-state index contributed by atoms with van der Waals surface area (Å²) in [4.78, 5) is 0.0373. The summed E-state index contributed by atoms with van der Waals surface area (Å²) in [6, 6.07) is 11.8. The Morgan fingerprint density at radius 2 is 1.84 bits per heavy atom. The van der Waals surface area contributed by atoms with Gasteiger partial charge in [-0.2, -0.15) is 0 Å². The molecule has 1 unspecified atom stereocenters. The summed E-state index contributed by atoms with van der Waals surface area (Å²) < 4.78 is 7.12. The molecule has 0 radical (unpaired) electrons. The van der Waals surface area contributed by atoms with Gasteiger partial charge in [0.05, 0.1) is 16.4 Å². The maximum Gasteiger partial charge on any atom is 0.133 e. The quantitative estimate of drug-likeness (QED) is 0.476. The summed E-state index contributed by atoms with van der Waals surface area (Å²) in [6.45, 7) is 0. The predicted molar refractivity (Wildman–Crippen MR) is 90.6 cm³/mol. The third-order valence-corrected chi connectivity index (χ3v) is 5.17. The Kier molecular flexibility index (Phi) is 5.35. The molecule has 0 aromatic heterocycles. The molecule has 0 bridgehead atoms. The van der Waals surface area contributed by atoms with Gasteiger partial charge in [-0.05, 0) is 51.3 Å². The third kappa shape index (κ3) is 3.54. The van der Waals surface area contributed by atoms with Crippen LogP contribution in [0.15, 0.2) is 45.3 Å².